The summed E-state index contributed by atoms with van der Waals surface area (Å²) in [4.78, 5) is 27.3. The molecule has 2 aliphatic rings. The Bertz CT molecular complexity index is 973. The van der Waals surface area contributed by atoms with Crippen LogP contribution >= 0.6 is 0 Å². The van der Waals surface area contributed by atoms with Crippen LogP contribution in [-0.4, -0.2) is 56.8 Å². The van der Waals surface area contributed by atoms with Crippen molar-refractivity contribution in [1.29, 1.82) is 0 Å². The summed E-state index contributed by atoms with van der Waals surface area (Å²) in [5.74, 6) is 1.49. The molecule has 0 aromatic heterocycles. The second kappa shape index (κ2) is 8.37. The minimum Gasteiger partial charge on any atom is -0.493 e. The highest BCUT2D eigenvalue weighted by Gasteiger charge is 2.40. The second-order valence-corrected chi connectivity index (χ2v) is 7.80. The first-order valence-electron chi connectivity index (χ1n) is 10.2. The van der Waals surface area contributed by atoms with Crippen molar-refractivity contribution in [3.8, 4) is 17.2 Å². The zero-order valence-corrected chi connectivity index (χ0v) is 18.0. The van der Waals surface area contributed by atoms with Crippen molar-refractivity contribution in [3.63, 3.8) is 0 Å². The molecule has 2 heterocycles. The number of nitrogens with one attached hydrogen (secondary N) is 2. The number of anilines is 1. The maximum absolute atomic E-state index is 13.0. The number of nitrogens with zero attached hydrogens (tertiary/aromatic N) is 1. The van der Waals surface area contributed by atoms with Crippen LogP contribution in [0.1, 0.15) is 28.8 Å². The van der Waals surface area contributed by atoms with Gasteiger partial charge < -0.3 is 29.7 Å². The molecule has 1 fully saturated rings. The highest BCUT2D eigenvalue weighted by Crippen LogP contribution is 2.38. The average molecular weight is 425 g/mol. The van der Waals surface area contributed by atoms with Gasteiger partial charge in [0.2, 0.25) is 11.7 Å². The zero-order valence-electron chi connectivity index (χ0n) is 18.0. The van der Waals surface area contributed by atoms with E-state index >= 15 is 0 Å². The molecule has 4 rings (SSSR count). The van der Waals surface area contributed by atoms with Gasteiger partial charge in [0.1, 0.15) is 5.66 Å². The Morgan fingerprint density at radius 1 is 1.00 bits per heavy atom. The van der Waals surface area contributed by atoms with E-state index in [2.05, 4.69) is 10.6 Å². The number of piperidine rings is 1. The van der Waals surface area contributed by atoms with Crippen LogP contribution in [0.25, 0.3) is 0 Å². The van der Waals surface area contributed by atoms with Crippen LogP contribution < -0.4 is 24.8 Å². The predicted octanol–water partition coefficient (Wildman–Crippen LogP) is 2.43. The smallest absolute Gasteiger partial charge is 0.255 e. The Hall–Kier alpha value is -3.42. The molecule has 0 unspecified atom stereocenters. The molecule has 2 amide bonds. The summed E-state index contributed by atoms with van der Waals surface area (Å²) in [6.45, 7) is 1.11. The van der Waals surface area contributed by atoms with Crippen molar-refractivity contribution in [1.82, 2.24) is 10.2 Å². The van der Waals surface area contributed by atoms with Gasteiger partial charge in [-0.25, -0.2) is 0 Å². The predicted molar refractivity (Wildman–Crippen MR) is 116 cm³/mol. The van der Waals surface area contributed by atoms with E-state index in [0.717, 1.165) is 11.3 Å². The lowest BCUT2D eigenvalue weighted by molar-refractivity contribution is -0.132. The summed E-state index contributed by atoms with van der Waals surface area (Å²) in [5.41, 5.74) is 1.75. The lowest BCUT2D eigenvalue weighted by Crippen LogP contribution is -2.62. The largest absolute Gasteiger partial charge is 0.493 e. The van der Waals surface area contributed by atoms with Crippen molar-refractivity contribution in [2.75, 3.05) is 39.7 Å². The van der Waals surface area contributed by atoms with Gasteiger partial charge in [0, 0.05) is 31.6 Å². The summed E-state index contributed by atoms with van der Waals surface area (Å²) in [5, 5.41) is 6.58. The monoisotopic (exact) mass is 425 g/mol. The van der Waals surface area contributed by atoms with Gasteiger partial charge in [-0.15, -0.1) is 0 Å². The molecule has 0 radical (unpaired) electrons. The Kier molecular flexibility index (Phi) is 5.63. The topological polar surface area (TPSA) is 89.1 Å². The molecule has 2 aromatic carbocycles. The summed E-state index contributed by atoms with van der Waals surface area (Å²) >= 11 is 0. The number of likely N-dealkylation sites (tertiary alicyclic amines) is 1. The maximum atomic E-state index is 13.0. The van der Waals surface area contributed by atoms with Gasteiger partial charge in [-0.2, -0.15) is 0 Å². The van der Waals surface area contributed by atoms with Gasteiger partial charge in [0.15, 0.2) is 11.5 Å². The van der Waals surface area contributed by atoms with E-state index in [1.54, 1.807) is 39.5 Å². The molecule has 31 heavy (non-hydrogen) atoms. The molecule has 0 atom stereocenters. The quantitative estimate of drug-likeness (QED) is 0.765. The number of rotatable bonds is 5. The van der Waals surface area contributed by atoms with Gasteiger partial charge in [-0.3, -0.25) is 9.59 Å². The molecule has 8 nitrogen and oxygen atoms in total. The van der Waals surface area contributed by atoms with E-state index < -0.39 is 5.66 Å². The van der Waals surface area contributed by atoms with E-state index in [-0.39, 0.29) is 18.2 Å². The number of ether oxygens (including phenoxy) is 3. The first-order chi connectivity index (χ1) is 15.0. The molecule has 8 heteroatoms. The number of para-hydroxylation sites is 1. The number of carbonyl (C=O) groups is 2. The lowest BCUT2D eigenvalue weighted by atomic mass is 9.92. The van der Waals surface area contributed by atoms with Crippen molar-refractivity contribution >= 4 is 17.5 Å². The van der Waals surface area contributed by atoms with Gasteiger partial charge in [-0.05, 0) is 29.8 Å². The van der Waals surface area contributed by atoms with Crippen molar-refractivity contribution in [3.05, 3.63) is 47.5 Å². The maximum Gasteiger partial charge on any atom is 0.255 e. The molecule has 0 saturated carbocycles. The highest BCUT2D eigenvalue weighted by atomic mass is 16.5. The summed E-state index contributed by atoms with van der Waals surface area (Å²) in [6.07, 6.45) is 1.49. The zero-order chi connectivity index (χ0) is 22.0. The number of fused-ring (bicyclic) bond motifs is 1. The first-order valence-corrected chi connectivity index (χ1v) is 10.2. The molecule has 1 saturated heterocycles. The third-order valence-corrected chi connectivity index (χ3v) is 5.95. The molecule has 0 aliphatic carbocycles. The minimum absolute atomic E-state index is 0.0201. The van der Waals surface area contributed by atoms with Crippen molar-refractivity contribution in [2.24, 2.45) is 0 Å². The van der Waals surface area contributed by atoms with Crippen LogP contribution in [0.4, 0.5) is 5.69 Å². The summed E-state index contributed by atoms with van der Waals surface area (Å²) in [7, 11) is 4.65. The van der Waals surface area contributed by atoms with Crippen LogP contribution in [0.3, 0.4) is 0 Å². The molecule has 0 bridgehead atoms. The van der Waals surface area contributed by atoms with E-state index in [4.69, 9.17) is 14.2 Å². The van der Waals surface area contributed by atoms with Gasteiger partial charge in [-0.1, -0.05) is 12.1 Å². The number of carbonyl (C=O) groups excluding carboxylic acids is 2. The number of hydrogen-bond acceptors (Lipinski definition) is 6. The Morgan fingerprint density at radius 3 is 2.26 bits per heavy atom. The third-order valence-electron chi connectivity index (χ3n) is 5.95. The van der Waals surface area contributed by atoms with Crippen molar-refractivity contribution < 1.29 is 23.8 Å². The van der Waals surface area contributed by atoms with E-state index in [1.165, 1.54) is 0 Å². The Balaban J connectivity index is 1.43. The third kappa shape index (κ3) is 3.97. The fourth-order valence-corrected chi connectivity index (χ4v) is 4.28. The fourth-order valence-electron chi connectivity index (χ4n) is 4.28. The second-order valence-electron chi connectivity index (χ2n) is 7.80. The number of amides is 2. The van der Waals surface area contributed by atoms with E-state index in [0.29, 0.717) is 48.7 Å². The number of hydrogen-bond donors (Lipinski definition) is 2. The Labute approximate surface area is 181 Å². The first kappa shape index (κ1) is 20.8. The minimum atomic E-state index is -0.519. The standard InChI is InChI=1S/C23H27N3O5/c1-29-18-12-15(13-19(30-2)21(18)31-3)14-20(27)26-10-8-23(9-11-26)24-17-7-5-4-6-16(17)22(28)25-23/h4-7,12-13,24H,8-11,14H2,1-3H3,(H,25,28). The van der Waals surface area contributed by atoms with E-state index in [9.17, 15) is 9.59 Å². The van der Waals surface area contributed by atoms with Crippen molar-refractivity contribution in [2.45, 2.75) is 24.9 Å². The lowest BCUT2D eigenvalue weighted by Gasteiger charge is -2.45. The molecule has 2 aliphatic heterocycles. The summed E-state index contributed by atoms with van der Waals surface area (Å²) < 4.78 is 16.1. The van der Waals surface area contributed by atoms with Gasteiger partial charge in [0.25, 0.3) is 5.91 Å². The van der Waals surface area contributed by atoms with E-state index in [1.807, 2.05) is 23.1 Å². The molecule has 2 N–H and O–H groups in total. The molecule has 164 valence electrons. The SMILES string of the molecule is COc1cc(CC(=O)N2CCC3(CC2)NC(=O)c2ccccc2N3)cc(OC)c1OC. The molecular weight excluding hydrogens is 398 g/mol. The van der Waals surface area contributed by atoms with Crippen LogP contribution in [0, 0.1) is 0 Å². The van der Waals surface area contributed by atoms with Gasteiger partial charge >= 0.3 is 0 Å². The normalized spacial score (nSPS) is 16.7. The van der Waals surface area contributed by atoms with Crippen LogP contribution in [-0.2, 0) is 11.2 Å². The highest BCUT2D eigenvalue weighted by molar-refractivity contribution is 6.02. The fraction of sp³-hybridized carbons (Fsp3) is 0.391. The summed E-state index contributed by atoms with van der Waals surface area (Å²) in [6, 6.07) is 11.1. The molecular formula is C23H27N3O5. The van der Waals surface area contributed by atoms with Crippen LogP contribution in [0.5, 0.6) is 17.2 Å². The number of benzene rings is 2. The average Bonchev–Trinajstić information content (AvgIpc) is 2.78. The van der Waals surface area contributed by atoms with Gasteiger partial charge in [0.05, 0.1) is 33.3 Å². The molecule has 1 spiro atoms. The molecule has 2 aromatic rings. The van der Waals surface area contributed by atoms with Crippen LogP contribution in [0.15, 0.2) is 36.4 Å². The Morgan fingerprint density at radius 2 is 1.65 bits per heavy atom. The van der Waals surface area contributed by atoms with Crippen LogP contribution in [0.2, 0.25) is 0 Å². The number of methoxy groups -OCH3 is 3.